The lowest BCUT2D eigenvalue weighted by atomic mass is 9.44. The van der Waals surface area contributed by atoms with Gasteiger partial charge in [-0.15, -0.1) is 0 Å². The number of carbonyl (C=O) groups excluding carboxylic acids is 1. The van der Waals surface area contributed by atoms with E-state index in [1.54, 1.807) is 0 Å². The van der Waals surface area contributed by atoms with E-state index >= 15 is 0 Å². The van der Waals surface area contributed by atoms with Gasteiger partial charge >= 0.3 is 5.97 Å². The van der Waals surface area contributed by atoms with Gasteiger partial charge in [0.05, 0.1) is 12.7 Å². The zero-order valence-corrected chi connectivity index (χ0v) is 25.9. The Morgan fingerprint density at radius 3 is 2.51 bits per heavy atom. The van der Waals surface area contributed by atoms with Crippen molar-refractivity contribution >= 4 is 5.97 Å². The van der Waals surface area contributed by atoms with E-state index in [0.29, 0.717) is 47.0 Å². The number of esters is 1. The largest absolute Gasteiger partial charge is 0.461 e. The van der Waals surface area contributed by atoms with E-state index < -0.39 is 6.04 Å². The van der Waals surface area contributed by atoms with Gasteiger partial charge in [0.25, 0.3) is 0 Å². The van der Waals surface area contributed by atoms with Crippen LogP contribution in [0, 0.1) is 52.3 Å². The third kappa shape index (κ3) is 4.54. The Labute approximate surface area is 247 Å². The van der Waals surface area contributed by atoms with Crippen LogP contribution < -0.4 is 5.73 Å². The summed E-state index contributed by atoms with van der Waals surface area (Å²) in [6.07, 6.45) is 12.9. The smallest absolute Gasteiger partial charge is 0.323 e. The lowest BCUT2D eigenvalue weighted by Gasteiger charge is -2.61. The molecular weight excluding hydrogens is 510 g/mol. The summed E-state index contributed by atoms with van der Waals surface area (Å²) in [5, 5.41) is 0. The minimum absolute atomic E-state index is 0.0160. The highest BCUT2D eigenvalue weighted by Gasteiger charge is 2.69. The number of nitrogens with two attached hydrogens (primary N) is 1. The first kappa shape index (κ1) is 28.3. The van der Waals surface area contributed by atoms with Gasteiger partial charge in [0.2, 0.25) is 0 Å². The van der Waals surface area contributed by atoms with Crippen LogP contribution in [0.3, 0.4) is 0 Å². The van der Waals surface area contributed by atoms with Crippen LogP contribution in [0.25, 0.3) is 0 Å². The summed E-state index contributed by atoms with van der Waals surface area (Å²) in [4.78, 5) is 12.9. The van der Waals surface area contributed by atoms with Crippen LogP contribution in [0.1, 0.15) is 97.5 Å². The molecule has 2 aliphatic heterocycles. The first-order chi connectivity index (χ1) is 19.6. The highest BCUT2D eigenvalue weighted by atomic mass is 16.7. The molecular formula is C36H53NO4. The van der Waals surface area contributed by atoms with Crippen molar-refractivity contribution in [3.05, 3.63) is 35.9 Å². The van der Waals surface area contributed by atoms with Crippen LogP contribution in [0.15, 0.2) is 30.3 Å². The fourth-order valence-corrected chi connectivity index (χ4v) is 11.5. The fourth-order valence-electron chi connectivity index (χ4n) is 11.5. The van der Waals surface area contributed by atoms with E-state index in [-0.39, 0.29) is 17.9 Å². The Balaban J connectivity index is 1.00. The van der Waals surface area contributed by atoms with E-state index in [1.165, 1.54) is 44.9 Å². The van der Waals surface area contributed by atoms with Crippen molar-refractivity contribution < 1.29 is 19.0 Å². The topological polar surface area (TPSA) is 70.8 Å². The molecule has 2 N–H and O–H groups in total. The Bertz CT molecular complexity index is 1120. The van der Waals surface area contributed by atoms with Gasteiger partial charge in [-0.3, -0.25) is 4.79 Å². The third-order valence-electron chi connectivity index (χ3n) is 13.8. The molecule has 13 atom stereocenters. The maximum absolute atomic E-state index is 12.9. The van der Waals surface area contributed by atoms with Gasteiger partial charge in [-0.2, -0.15) is 0 Å². The predicted octanol–water partition coefficient (Wildman–Crippen LogP) is 6.91. The molecule has 1 aromatic carbocycles. The zero-order valence-electron chi connectivity index (χ0n) is 25.9. The molecule has 2 saturated heterocycles. The van der Waals surface area contributed by atoms with Gasteiger partial charge in [-0.25, -0.2) is 0 Å². The van der Waals surface area contributed by atoms with E-state index in [1.807, 2.05) is 30.3 Å². The van der Waals surface area contributed by atoms with Crippen LogP contribution in [0.5, 0.6) is 0 Å². The molecule has 2 heterocycles. The second kappa shape index (κ2) is 10.3. The van der Waals surface area contributed by atoms with Gasteiger partial charge in [-0.05, 0) is 116 Å². The average molecular weight is 564 g/mol. The van der Waals surface area contributed by atoms with Crippen molar-refractivity contribution in [2.45, 2.75) is 122 Å². The van der Waals surface area contributed by atoms with E-state index in [0.717, 1.165) is 49.2 Å². The Morgan fingerprint density at radius 2 is 1.76 bits per heavy atom. The minimum Gasteiger partial charge on any atom is -0.461 e. The lowest BCUT2D eigenvalue weighted by Crippen LogP contribution is -2.55. The highest BCUT2D eigenvalue weighted by Crippen LogP contribution is 2.71. The van der Waals surface area contributed by atoms with Gasteiger partial charge in [0.15, 0.2) is 5.79 Å². The van der Waals surface area contributed by atoms with Crippen LogP contribution in [-0.2, 0) is 25.4 Å². The van der Waals surface area contributed by atoms with Crippen molar-refractivity contribution in [1.29, 1.82) is 0 Å². The van der Waals surface area contributed by atoms with Gasteiger partial charge < -0.3 is 19.9 Å². The van der Waals surface area contributed by atoms with Gasteiger partial charge in [-0.1, -0.05) is 58.0 Å². The molecule has 5 heteroatoms. The number of benzene rings is 1. The fraction of sp³-hybridized carbons (Fsp3) is 0.806. The first-order valence-corrected chi connectivity index (χ1v) is 16.9. The molecule has 7 rings (SSSR count). The zero-order chi connectivity index (χ0) is 28.6. The van der Waals surface area contributed by atoms with Crippen molar-refractivity contribution in [3.8, 4) is 0 Å². The normalized spacial score (nSPS) is 49.4. The van der Waals surface area contributed by atoms with Crippen molar-refractivity contribution in [3.63, 3.8) is 0 Å². The number of rotatable bonds is 4. The lowest BCUT2D eigenvalue weighted by molar-refractivity contribution is -0.273. The number of hydrogen-bond acceptors (Lipinski definition) is 5. The van der Waals surface area contributed by atoms with Gasteiger partial charge in [0, 0.05) is 12.3 Å². The summed E-state index contributed by atoms with van der Waals surface area (Å²) in [7, 11) is 0. The molecule has 0 bridgehead atoms. The maximum atomic E-state index is 12.9. The Hall–Kier alpha value is -1.43. The molecule has 7 unspecified atom stereocenters. The second-order valence-electron chi connectivity index (χ2n) is 15.8. The van der Waals surface area contributed by atoms with E-state index in [4.69, 9.17) is 19.9 Å². The summed E-state index contributed by atoms with van der Waals surface area (Å²) in [6.45, 7) is 10.8. The highest BCUT2D eigenvalue weighted by molar-refractivity contribution is 5.76. The molecule has 0 aromatic heterocycles. The van der Waals surface area contributed by atoms with Crippen LogP contribution in [-0.4, -0.2) is 36.6 Å². The number of carbonyl (C=O) groups is 1. The minimum atomic E-state index is -0.592. The Kier molecular flexibility index (Phi) is 7.15. The molecule has 0 amide bonds. The first-order valence-electron chi connectivity index (χ1n) is 16.9. The number of hydrogen-bond donors (Lipinski definition) is 1. The molecule has 6 fully saturated rings. The van der Waals surface area contributed by atoms with Crippen LogP contribution >= 0.6 is 0 Å². The van der Waals surface area contributed by atoms with Crippen molar-refractivity contribution in [2.75, 3.05) is 6.61 Å². The summed E-state index contributed by atoms with van der Waals surface area (Å²) >= 11 is 0. The number of fused-ring (bicyclic) bond motifs is 7. The Morgan fingerprint density at radius 1 is 0.976 bits per heavy atom. The molecule has 4 saturated carbocycles. The monoisotopic (exact) mass is 563 g/mol. The molecule has 1 spiro atoms. The van der Waals surface area contributed by atoms with Gasteiger partial charge in [0.1, 0.15) is 12.1 Å². The molecule has 0 radical (unpaired) electrons. The van der Waals surface area contributed by atoms with Crippen LogP contribution in [0.2, 0.25) is 0 Å². The van der Waals surface area contributed by atoms with E-state index in [9.17, 15) is 4.79 Å². The summed E-state index contributed by atoms with van der Waals surface area (Å²) in [5.41, 5.74) is 8.09. The van der Waals surface area contributed by atoms with Crippen molar-refractivity contribution in [1.82, 2.24) is 0 Å². The van der Waals surface area contributed by atoms with Crippen molar-refractivity contribution in [2.24, 2.45) is 58.0 Å². The molecule has 6 aliphatic rings. The summed E-state index contributed by atoms with van der Waals surface area (Å²) in [5.74, 6) is 4.20. The number of ether oxygens (including phenoxy) is 3. The quantitative estimate of drug-likeness (QED) is 0.403. The third-order valence-corrected chi connectivity index (χ3v) is 13.8. The standard InChI is InChI=1S/C36H53NO4/c1-22-12-17-36(39-21-22)23(2)32-31(41-36)20-29-27-11-10-25-19-26(13-15-34(25,3)28(27)14-16-35(29,32)4)40-33(38)30(37)18-24-8-6-5-7-9-24/h5-9,22-23,25-32H,10-21,37H2,1-4H3/t22-,23-,25?,26-,27?,28?,29?,30?,31?,32?,34-,35-,36+/m0/s1. The molecule has 1 aromatic rings. The van der Waals surface area contributed by atoms with E-state index in [2.05, 4.69) is 27.7 Å². The summed E-state index contributed by atoms with van der Waals surface area (Å²) in [6, 6.07) is 9.44. The predicted molar refractivity (Wildman–Crippen MR) is 160 cm³/mol. The maximum Gasteiger partial charge on any atom is 0.323 e. The SMILES string of the molecule is C[C@H]1CC[C@@]2(OC1)OC1CC3C4CCC5C[C@@H](OC(=O)C(N)Cc6ccccc6)CC[C@]5(C)C4CC[C@]3(C)C1[C@@H]2C. The molecule has 4 aliphatic carbocycles. The molecule has 226 valence electrons. The second-order valence-corrected chi connectivity index (χ2v) is 15.8. The van der Waals surface area contributed by atoms with Crippen LogP contribution in [0.4, 0.5) is 0 Å². The molecule has 41 heavy (non-hydrogen) atoms. The average Bonchev–Trinajstić information content (AvgIpc) is 3.40. The summed E-state index contributed by atoms with van der Waals surface area (Å²) < 4.78 is 19.6. The molecule has 5 nitrogen and oxygen atoms in total.